The summed E-state index contributed by atoms with van der Waals surface area (Å²) in [6, 6.07) is 28.4. The van der Waals surface area contributed by atoms with E-state index in [1.807, 2.05) is 90.1 Å². The van der Waals surface area contributed by atoms with Crippen molar-refractivity contribution in [2.24, 2.45) is 0 Å². The second kappa shape index (κ2) is 28.7. The van der Waals surface area contributed by atoms with Gasteiger partial charge in [-0.25, -0.2) is 19.9 Å². The van der Waals surface area contributed by atoms with Crippen LogP contribution in [0.4, 0.5) is 0 Å². The summed E-state index contributed by atoms with van der Waals surface area (Å²) in [7, 11) is 5.56. The molecule has 16 nitrogen and oxygen atoms in total. The van der Waals surface area contributed by atoms with Crippen molar-refractivity contribution in [2.75, 3.05) is 28.4 Å². The van der Waals surface area contributed by atoms with E-state index in [4.69, 9.17) is 58.8 Å². The van der Waals surface area contributed by atoms with Crippen molar-refractivity contribution in [3.05, 3.63) is 187 Å². The average molecular weight is 1330 g/mol. The van der Waals surface area contributed by atoms with E-state index in [1.54, 1.807) is 0 Å². The number of hydrogen-bond acceptors (Lipinski definition) is 12. The third-order valence-electron chi connectivity index (χ3n) is 17.5. The zero-order chi connectivity index (χ0) is 63.7. The Morgan fingerprint density at radius 2 is 0.674 bits per heavy atom. The molecule has 92 heavy (non-hydrogen) atoms. The second-order valence-corrected chi connectivity index (χ2v) is 23.1. The number of rotatable bonds is 16. The zero-order valence-corrected chi connectivity index (χ0v) is 60.2. The van der Waals surface area contributed by atoms with Crippen molar-refractivity contribution in [3.8, 4) is 0 Å². The quantitative estimate of drug-likeness (QED) is 0.0500. The number of aryl methyl sites for hydroxylation is 6. The fraction of sp³-hybridized carbons (Fsp3) is 0.270. The molecule has 0 radical (unpaired) electrons. The Bertz CT molecular complexity index is 4420. The van der Waals surface area contributed by atoms with E-state index in [1.165, 1.54) is 28.4 Å². The van der Waals surface area contributed by atoms with E-state index < -0.39 is 0 Å². The third-order valence-corrected chi connectivity index (χ3v) is 17.5. The van der Waals surface area contributed by atoms with Crippen LogP contribution in [0.25, 0.3) is 101 Å². The first kappa shape index (κ1) is 67.4. The molecule has 0 unspecified atom stereocenters. The van der Waals surface area contributed by atoms with Crippen molar-refractivity contribution in [1.29, 1.82) is 0 Å². The molecule has 18 heteroatoms. The molecule has 0 amide bonds. The molecule has 0 spiro atoms. The zero-order valence-electron chi connectivity index (χ0n) is 54.3. The molecular weight excluding hydrogens is 1260 g/mol. The predicted octanol–water partition coefficient (Wildman–Crippen LogP) is 14.0. The van der Waals surface area contributed by atoms with Gasteiger partial charge in [0.15, 0.2) is 0 Å². The fourth-order valence-corrected chi connectivity index (χ4v) is 11.9. The van der Waals surface area contributed by atoms with Gasteiger partial charge in [0.1, 0.15) is 0 Å². The summed E-state index contributed by atoms with van der Waals surface area (Å²) < 4.78 is 20.2. The normalized spacial score (nSPS) is 13.1. The van der Waals surface area contributed by atoms with E-state index in [0.717, 1.165) is 145 Å². The molecule has 11 rings (SSSR count). The molecule has 16 bridgehead atoms. The molecule has 0 fully saturated rings. The van der Waals surface area contributed by atoms with Gasteiger partial charge < -0.3 is 38.9 Å². The van der Waals surface area contributed by atoms with Gasteiger partial charge in [0.2, 0.25) is 0 Å². The number of nitrogens with zero attached hydrogens (tertiary/aromatic N) is 8. The Labute approximate surface area is 560 Å². The van der Waals surface area contributed by atoms with Gasteiger partial charge in [0, 0.05) is 36.8 Å². The maximum atomic E-state index is 12.6. The van der Waals surface area contributed by atoms with Crippen LogP contribution in [-0.2, 0) is 89.9 Å². The largest absolute Gasteiger partial charge is 2.00 e. The number of allylic oxidation sites excluding steroid dienone is 10. The Morgan fingerprint density at radius 1 is 0.359 bits per heavy atom. The topological polar surface area (TPSA) is 213 Å². The molecular formula is C74H70N8O8Zn2. The number of benzene rings is 1. The first-order valence-corrected chi connectivity index (χ1v) is 30.1. The smallest absolute Gasteiger partial charge is 0.658 e. The Balaban J connectivity index is 0.00000500. The summed E-state index contributed by atoms with van der Waals surface area (Å²) in [5, 5.41) is 0. The van der Waals surface area contributed by atoms with Gasteiger partial charge in [-0.15, -0.1) is 44.1 Å². The van der Waals surface area contributed by atoms with Gasteiger partial charge in [0.05, 0.1) is 74.0 Å². The maximum absolute atomic E-state index is 12.6. The third kappa shape index (κ3) is 14.2. The van der Waals surface area contributed by atoms with E-state index in [2.05, 4.69) is 74.5 Å². The van der Waals surface area contributed by atoms with Crippen LogP contribution < -0.4 is 19.9 Å². The Morgan fingerprint density at radius 3 is 1.03 bits per heavy atom. The summed E-state index contributed by atoms with van der Waals surface area (Å²) in [6.45, 7) is 16.3. The van der Waals surface area contributed by atoms with Crippen LogP contribution in [0.5, 0.6) is 0 Å². The summed E-state index contributed by atoms with van der Waals surface area (Å²) in [5.41, 5.74) is 26.8. The minimum absolute atomic E-state index is 0. The van der Waals surface area contributed by atoms with Crippen LogP contribution in [-0.4, -0.2) is 72.3 Å². The molecule has 0 saturated carbocycles. The van der Waals surface area contributed by atoms with Gasteiger partial charge in [0.25, 0.3) is 0 Å². The van der Waals surface area contributed by atoms with Gasteiger partial charge >= 0.3 is 62.8 Å². The molecule has 4 aliphatic rings. The van der Waals surface area contributed by atoms with Gasteiger partial charge in [-0.2, -0.15) is 0 Å². The van der Waals surface area contributed by atoms with Crippen LogP contribution in [0.3, 0.4) is 0 Å². The molecule has 4 aliphatic heterocycles. The SMILES string of the molecule is COC(=O)CCC1=C(C)c2cc3[n-]c(cc4nc(cc5[n-]c(cc1n2)c(CCC(=O)OC)c5C)C(/C=C/c1ccc(/C=C/C2=C(C)c5cc6cc(C)c(cc7nc(cc8[n-]c(cc2n5)c(C)c8CCC(=O)OC)C(CCC(=O)OC)=C7C)[n-]6)cc1)=C4C)cc3C.[Zn+2].[Zn+2]. The van der Waals surface area contributed by atoms with E-state index in [-0.39, 0.29) is 88.5 Å². The maximum Gasteiger partial charge on any atom is 2.00 e. The van der Waals surface area contributed by atoms with E-state index in [0.29, 0.717) is 59.1 Å². The Kier molecular flexibility index (Phi) is 21.0. The van der Waals surface area contributed by atoms with Crippen LogP contribution in [0, 0.1) is 27.7 Å². The predicted molar refractivity (Wildman–Crippen MR) is 354 cm³/mol. The van der Waals surface area contributed by atoms with Gasteiger partial charge in [-0.1, -0.05) is 143 Å². The number of esters is 4. The minimum Gasteiger partial charge on any atom is -0.658 e. The number of fused-ring (bicyclic) bond motifs is 16. The van der Waals surface area contributed by atoms with Gasteiger partial charge in [-0.05, 0) is 126 Å². The second-order valence-electron chi connectivity index (χ2n) is 23.1. The molecule has 10 heterocycles. The summed E-state index contributed by atoms with van der Waals surface area (Å²) in [6.07, 6.45) is 10.7. The number of aromatic nitrogens is 8. The molecule has 0 atom stereocenters. The van der Waals surface area contributed by atoms with Crippen molar-refractivity contribution in [2.45, 2.75) is 107 Å². The first-order chi connectivity index (χ1) is 43.3. The fourth-order valence-electron chi connectivity index (χ4n) is 11.9. The molecule has 1 aromatic carbocycles. The minimum atomic E-state index is -0.325. The van der Waals surface area contributed by atoms with Gasteiger partial charge in [-0.3, -0.25) is 19.2 Å². The standard InChI is InChI=1S/C74H70N8O8.2Zn/c1-39-29-49-31-59-41(3)51(65(77-59)35-63-45(7)55(23-27-73(85)89-11)69(81-63)37-67-53(21-25-71(83)87-9)43(5)61(79-67)33-57(39)75-49)19-17-47-13-15-48(16-14-47)18-20-52-42(4)60-32-50-30-40(2)58(76-50)34-62-44(6)54(22-26-72(84)88-10)68(80-62)38-70-56(24-28-74(86)90-12)46(8)64(82-70)36-66(52)78-60;;/h13-20,29-38H,21-28H2,1-12H3;;/q-4;2*+2. The van der Waals surface area contributed by atoms with Crippen molar-refractivity contribution in [1.82, 2.24) is 39.9 Å². The Hall–Kier alpha value is -8.97. The number of carbonyl (C=O) groups is 4. The monoisotopic (exact) mass is 1330 g/mol. The molecule has 0 N–H and O–H groups in total. The summed E-state index contributed by atoms with van der Waals surface area (Å²) >= 11 is 0. The van der Waals surface area contributed by atoms with Crippen LogP contribution in [0.15, 0.2) is 97.1 Å². The van der Waals surface area contributed by atoms with Crippen molar-refractivity contribution < 1.29 is 77.1 Å². The summed E-state index contributed by atoms with van der Waals surface area (Å²) in [4.78, 5) is 91.4. The van der Waals surface area contributed by atoms with E-state index in [9.17, 15) is 19.2 Å². The molecule has 0 aliphatic carbocycles. The van der Waals surface area contributed by atoms with Crippen LogP contribution in [0.1, 0.15) is 156 Å². The van der Waals surface area contributed by atoms with Crippen LogP contribution in [0.2, 0.25) is 0 Å². The molecule has 458 valence electrons. The molecule has 0 saturated heterocycles. The number of carbonyl (C=O) groups excluding carboxylic acids is 4. The van der Waals surface area contributed by atoms with E-state index >= 15 is 0 Å². The molecule has 7 aromatic rings. The summed E-state index contributed by atoms with van der Waals surface area (Å²) in [5.74, 6) is -1.28. The van der Waals surface area contributed by atoms with Crippen LogP contribution >= 0.6 is 0 Å². The molecule has 6 aromatic heterocycles. The average Bonchev–Trinajstić information content (AvgIpc) is 1.73. The number of methoxy groups -OCH3 is 4. The van der Waals surface area contributed by atoms with Crippen molar-refractivity contribution in [3.63, 3.8) is 0 Å². The number of hydrogen-bond donors (Lipinski definition) is 0. The first-order valence-electron chi connectivity index (χ1n) is 30.1. The van der Waals surface area contributed by atoms with Crippen molar-refractivity contribution >= 4 is 125 Å². The number of ether oxygens (including phenoxy) is 4.